The monoisotopic (exact) mass is 336 g/mol. The van der Waals surface area contributed by atoms with Gasteiger partial charge in [0.1, 0.15) is 19.3 Å². The number of esters is 3. The predicted molar refractivity (Wildman–Crippen MR) is 84.4 cm³/mol. The summed E-state index contributed by atoms with van der Waals surface area (Å²) in [6.45, 7) is 5.95. The van der Waals surface area contributed by atoms with E-state index in [0.29, 0.717) is 0 Å². The molecule has 2 atom stereocenters. The molecule has 130 valence electrons. The smallest absolute Gasteiger partial charge is 0.339 e. The second-order valence-electron chi connectivity index (χ2n) is 5.04. The highest BCUT2D eigenvalue weighted by Crippen LogP contribution is 2.13. The minimum Gasteiger partial charge on any atom is -0.459 e. The molecule has 0 spiro atoms. The number of hydrogen-bond donors (Lipinski definition) is 1. The molecule has 0 aliphatic rings. The van der Waals surface area contributed by atoms with Crippen LogP contribution in [0.5, 0.6) is 0 Å². The van der Waals surface area contributed by atoms with Crippen LogP contribution in [0.4, 0.5) is 0 Å². The average molecular weight is 336 g/mol. The molecule has 1 aromatic rings. The lowest BCUT2D eigenvalue weighted by atomic mass is 10.1. The first kappa shape index (κ1) is 19.4. The van der Waals surface area contributed by atoms with E-state index in [9.17, 15) is 14.4 Å². The Bertz CT molecular complexity index is 607. The zero-order valence-corrected chi connectivity index (χ0v) is 13.6. The summed E-state index contributed by atoms with van der Waals surface area (Å²) in [6.07, 6.45) is -0.516. The van der Waals surface area contributed by atoms with Crippen molar-refractivity contribution in [1.82, 2.24) is 0 Å². The van der Waals surface area contributed by atoms with E-state index in [1.54, 1.807) is 19.1 Å². The summed E-state index contributed by atoms with van der Waals surface area (Å²) >= 11 is 0. The molecule has 7 nitrogen and oxygen atoms in total. The Morgan fingerprint density at radius 1 is 1.08 bits per heavy atom. The highest BCUT2D eigenvalue weighted by atomic mass is 16.6. The Balaban J connectivity index is 2.75. The maximum atomic E-state index is 12.2. The summed E-state index contributed by atoms with van der Waals surface area (Å²) in [6, 6.07) is 5.99. The highest BCUT2D eigenvalue weighted by molar-refractivity contribution is 6.03. The standard InChI is InChI=1S/C17H20O7/c1-4-15(19)22-10-12(3)24-17(21)14-8-6-5-7-13(14)16(20)23-9-11(2)18/h4-8,11-12,18H,1,9-10H2,2-3H3. The summed E-state index contributed by atoms with van der Waals surface area (Å²) in [5.74, 6) is -2.11. The van der Waals surface area contributed by atoms with E-state index >= 15 is 0 Å². The van der Waals surface area contributed by atoms with Crippen molar-refractivity contribution in [3.8, 4) is 0 Å². The van der Waals surface area contributed by atoms with Crippen LogP contribution in [-0.2, 0) is 19.0 Å². The van der Waals surface area contributed by atoms with E-state index in [2.05, 4.69) is 6.58 Å². The van der Waals surface area contributed by atoms with Crippen LogP contribution in [0.2, 0.25) is 0 Å². The van der Waals surface area contributed by atoms with Gasteiger partial charge in [-0.25, -0.2) is 14.4 Å². The summed E-state index contributed by atoms with van der Waals surface area (Å²) in [5.41, 5.74) is 0.0495. The normalized spacial score (nSPS) is 12.6. The molecule has 0 bridgehead atoms. The number of benzene rings is 1. The molecule has 24 heavy (non-hydrogen) atoms. The molecule has 0 fully saturated rings. The molecule has 0 aliphatic heterocycles. The van der Waals surface area contributed by atoms with Gasteiger partial charge in [0.15, 0.2) is 0 Å². The highest BCUT2D eigenvalue weighted by Gasteiger charge is 2.21. The lowest BCUT2D eigenvalue weighted by molar-refractivity contribution is -0.140. The summed E-state index contributed by atoms with van der Waals surface area (Å²) in [4.78, 5) is 35.2. The van der Waals surface area contributed by atoms with Crippen molar-refractivity contribution < 1.29 is 33.7 Å². The summed E-state index contributed by atoms with van der Waals surface area (Å²) in [5, 5.41) is 9.15. The fourth-order valence-electron chi connectivity index (χ4n) is 1.65. The molecule has 0 heterocycles. The molecule has 0 amide bonds. The van der Waals surface area contributed by atoms with E-state index in [4.69, 9.17) is 19.3 Å². The average Bonchev–Trinajstić information content (AvgIpc) is 2.57. The second-order valence-corrected chi connectivity index (χ2v) is 5.04. The zero-order chi connectivity index (χ0) is 18.1. The molecule has 0 aliphatic carbocycles. The fraction of sp³-hybridized carbons (Fsp3) is 0.353. The van der Waals surface area contributed by atoms with Gasteiger partial charge in [0.05, 0.1) is 17.2 Å². The van der Waals surface area contributed by atoms with Crippen LogP contribution in [0.15, 0.2) is 36.9 Å². The third kappa shape index (κ3) is 6.21. The lowest BCUT2D eigenvalue weighted by Gasteiger charge is -2.14. The van der Waals surface area contributed by atoms with E-state index in [0.717, 1.165) is 6.08 Å². The largest absolute Gasteiger partial charge is 0.459 e. The molecular formula is C17H20O7. The topological polar surface area (TPSA) is 99.1 Å². The minimum atomic E-state index is -0.812. The van der Waals surface area contributed by atoms with E-state index in [-0.39, 0.29) is 24.3 Å². The van der Waals surface area contributed by atoms with Crippen LogP contribution in [0.1, 0.15) is 34.6 Å². The van der Waals surface area contributed by atoms with Gasteiger partial charge in [0.25, 0.3) is 0 Å². The van der Waals surface area contributed by atoms with Gasteiger partial charge < -0.3 is 19.3 Å². The SMILES string of the molecule is C=CC(=O)OCC(C)OC(=O)c1ccccc1C(=O)OCC(C)O. The molecule has 0 saturated carbocycles. The maximum absolute atomic E-state index is 12.2. The van der Waals surface area contributed by atoms with Gasteiger partial charge >= 0.3 is 17.9 Å². The molecule has 2 unspecified atom stereocenters. The first-order chi connectivity index (χ1) is 11.3. The predicted octanol–water partition coefficient (Wildman–Crippen LogP) is 1.50. The number of rotatable bonds is 8. The van der Waals surface area contributed by atoms with Crippen LogP contribution < -0.4 is 0 Å². The van der Waals surface area contributed by atoms with Crippen LogP contribution in [0.25, 0.3) is 0 Å². The van der Waals surface area contributed by atoms with Gasteiger partial charge in [-0.2, -0.15) is 0 Å². The van der Waals surface area contributed by atoms with E-state index < -0.39 is 30.1 Å². The van der Waals surface area contributed by atoms with E-state index in [1.165, 1.54) is 19.1 Å². The van der Waals surface area contributed by atoms with Crippen LogP contribution in [0.3, 0.4) is 0 Å². The van der Waals surface area contributed by atoms with E-state index in [1.807, 2.05) is 0 Å². The Labute approximate surface area is 139 Å². The number of carbonyl (C=O) groups excluding carboxylic acids is 3. The molecule has 0 aromatic heterocycles. The molecule has 1 N–H and O–H groups in total. The van der Waals surface area contributed by atoms with Gasteiger partial charge in [-0.15, -0.1) is 0 Å². The van der Waals surface area contributed by atoms with Gasteiger partial charge in [0, 0.05) is 6.08 Å². The lowest BCUT2D eigenvalue weighted by Crippen LogP contribution is -2.24. The Morgan fingerprint density at radius 3 is 2.21 bits per heavy atom. The molecular weight excluding hydrogens is 316 g/mol. The first-order valence-corrected chi connectivity index (χ1v) is 7.29. The number of carbonyl (C=O) groups is 3. The summed E-state index contributed by atoms with van der Waals surface area (Å²) in [7, 11) is 0. The van der Waals surface area contributed by atoms with Crippen LogP contribution in [-0.4, -0.2) is 48.4 Å². The fourth-order valence-corrected chi connectivity index (χ4v) is 1.65. The second kappa shape index (κ2) is 9.46. The Hall–Kier alpha value is -2.67. The number of aliphatic hydroxyl groups is 1. The zero-order valence-electron chi connectivity index (χ0n) is 13.6. The number of aliphatic hydroxyl groups excluding tert-OH is 1. The Kier molecular flexibility index (Phi) is 7.64. The quantitative estimate of drug-likeness (QED) is 0.436. The van der Waals surface area contributed by atoms with Crippen molar-refractivity contribution >= 4 is 17.9 Å². The molecule has 1 rings (SSSR count). The summed E-state index contributed by atoms with van der Waals surface area (Å²) < 4.78 is 14.8. The first-order valence-electron chi connectivity index (χ1n) is 7.29. The molecule has 7 heteroatoms. The van der Waals surface area contributed by atoms with Crippen molar-refractivity contribution in [3.05, 3.63) is 48.0 Å². The maximum Gasteiger partial charge on any atom is 0.339 e. The van der Waals surface area contributed by atoms with Crippen LogP contribution in [0, 0.1) is 0 Å². The number of ether oxygens (including phenoxy) is 3. The van der Waals surface area contributed by atoms with Crippen molar-refractivity contribution in [3.63, 3.8) is 0 Å². The van der Waals surface area contributed by atoms with Crippen molar-refractivity contribution in [1.29, 1.82) is 0 Å². The van der Waals surface area contributed by atoms with Crippen LogP contribution >= 0.6 is 0 Å². The molecule has 1 aromatic carbocycles. The van der Waals surface area contributed by atoms with Gasteiger partial charge in [-0.1, -0.05) is 18.7 Å². The van der Waals surface area contributed by atoms with Gasteiger partial charge in [-0.3, -0.25) is 0 Å². The van der Waals surface area contributed by atoms with Crippen molar-refractivity contribution in [2.24, 2.45) is 0 Å². The Morgan fingerprint density at radius 2 is 1.67 bits per heavy atom. The third-order valence-corrected chi connectivity index (χ3v) is 2.76. The molecule has 0 saturated heterocycles. The van der Waals surface area contributed by atoms with Gasteiger partial charge in [0.2, 0.25) is 0 Å². The third-order valence-electron chi connectivity index (χ3n) is 2.76. The molecule has 0 radical (unpaired) electrons. The van der Waals surface area contributed by atoms with Crippen molar-refractivity contribution in [2.45, 2.75) is 26.1 Å². The minimum absolute atomic E-state index is 0.0231. The van der Waals surface area contributed by atoms with Gasteiger partial charge in [-0.05, 0) is 26.0 Å². The number of hydrogen-bond acceptors (Lipinski definition) is 7. The van der Waals surface area contributed by atoms with Crippen molar-refractivity contribution in [2.75, 3.05) is 13.2 Å².